The summed E-state index contributed by atoms with van der Waals surface area (Å²) >= 11 is 0. The lowest BCUT2D eigenvalue weighted by atomic mass is 9.78. The molecule has 1 N–H and O–H groups in total. The van der Waals surface area contributed by atoms with E-state index in [-0.39, 0.29) is 24.2 Å². The molecule has 112 valence electrons. The molecule has 21 heavy (non-hydrogen) atoms. The molecular weight excluding hydrogens is 267 g/mol. The van der Waals surface area contributed by atoms with Crippen LogP contribution in [0.1, 0.15) is 27.7 Å². The van der Waals surface area contributed by atoms with Gasteiger partial charge in [0.2, 0.25) is 5.91 Å². The molecule has 0 aliphatic carbocycles. The first-order valence-electron chi connectivity index (χ1n) is 7.20. The number of carbonyl (C=O) groups is 1. The van der Waals surface area contributed by atoms with E-state index in [1.54, 1.807) is 0 Å². The predicted octanol–water partition coefficient (Wildman–Crippen LogP) is 1.37. The minimum absolute atomic E-state index is 0.00776. The van der Waals surface area contributed by atoms with Crippen molar-refractivity contribution in [3.05, 3.63) is 18.2 Å². The summed E-state index contributed by atoms with van der Waals surface area (Å²) in [6.07, 6.45) is 0. The van der Waals surface area contributed by atoms with Crippen molar-refractivity contribution in [1.82, 2.24) is 0 Å². The molecule has 0 spiro atoms. The zero-order valence-electron chi connectivity index (χ0n) is 13.2. The van der Waals surface area contributed by atoms with Crippen molar-refractivity contribution in [2.45, 2.75) is 38.9 Å². The van der Waals surface area contributed by atoms with Crippen molar-refractivity contribution in [1.29, 1.82) is 0 Å². The van der Waals surface area contributed by atoms with Crippen LogP contribution < -0.4 is 15.7 Å². The number of hydrogen-bond acceptors (Lipinski definition) is 4. The van der Waals surface area contributed by atoms with Crippen LogP contribution in [-0.2, 0) is 14.1 Å². The van der Waals surface area contributed by atoms with Gasteiger partial charge in [0.15, 0.2) is 0 Å². The Labute approximate surface area is 125 Å². The van der Waals surface area contributed by atoms with Crippen LogP contribution in [0.25, 0.3) is 0 Å². The maximum absolute atomic E-state index is 11.5. The molecule has 0 radical (unpaired) electrons. The Morgan fingerprint density at radius 3 is 2.43 bits per heavy atom. The normalized spacial score (nSPS) is 23.0. The first kappa shape index (κ1) is 14.4. The van der Waals surface area contributed by atoms with E-state index in [1.165, 1.54) is 0 Å². The van der Waals surface area contributed by atoms with E-state index in [0.717, 1.165) is 16.8 Å². The second kappa shape index (κ2) is 4.48. The standard InChI is InChI=1S/C15H21BN2O3/c1-14(2)15(3,4)21-16(20-14)10-6-7-11-12(8-10)18(5)9-13(19)17-11/h6-8H,9H2,1-5H3,(H,17,19). The minimum Gasteiger partial charge on any atom is -0.399 e. The van der Waals surface area contributed by atoms with Gasteiger partial charge in [-0.05, 0) is 45.3 Å². The molecule has 0 aromatic heterocycles. The second-order valence-electron chi connectivity index (χ2n) is 6.77. The molecule has 0 bridgehead atoms. The van der Waals surface area contributed by atoms with Gasteiger partial charge in [0.25, 0.3) is 0 Å². The first-order valence-corrected chi connectivity index (χ1v) is 7.20. The number of hydrogen-bond donors (Lipinski definition) is 1. The van der Waals surface area contributed by atoms with E-state index < -0.39 is 0 Å². The summed E-state index contributed by atoms with van der Waals surface area (Å²) in [7, 11) is 1.53. The highest BCUT2D eigenvalue weighted by molar-refractivity contribution is 6.62. The third-order valence-corrected chi connectivity index (χ3v) is 4.61. The Morgan fingerprint density at radius 1 is 1.19 bits per heavy atom. The van der Waals surface area contributed by atoms with Gasteiger partial charge in [-0.3, -0.25) is 4.79 Å². The largest absolute Gasteiger partial charge is 0.494 e. The molecule has 2 heterocycles. The lowest BCUT2D eigenvalue weighted by Crippen LogP contribution is -2.41. The Hall–Kier alpha value is -1.53. The first-order chi connectivity index (χ1) is 9.69. The number of fused-ring (bicyclic) bond motifs is 1. The zero-order chi connectivity index (χ0) is 15.4. The number of anilines is 2. The van der Waals surface area contributed by atoms with Crippen LogP contribution >= 0.6 is 0 Å². The molecule has 2 aliphatic rings. The van der Waals surface area contributed by atoms with Crippen LogP contribution in [0.5, 0.6) is 0 Å². The van der Waals surface area contributed by atoms with Crippen LogP contribution in [0.15, 0.2) is 18.2 Å². The number of benzene rings is 1. The van der Waals surface area contributed by atoms with Gasteiger partial charge in [-0.1, -0.05) is 6.07 Å². The van der Waals surface area contributed by atoms with E-state index in [2.05, 4.69) is 5.32 Å². The highest BCUT2D eigenvalue weighted by Crippen LogP contribution is 2.37. The molecule has 0 unspecified atom stereocenters. The van der Waals surface area contributed by atoms with E-state index in [0.29, 0.717) is 6.54 Å². The Morgan fingerprint density at radius 2 is 1.81 bits per heavy atom. The van der Waals surface area contributed by atoms with Gasteiger partial charge >= 0.3 is 7.12 Å². The van der Waals surface area contributed by atoms with Crippen molar-refractivity contribution in [3.63, 3.8) is 0 Å². The highest BCUT2D eigenvalue weighted by atomic mass is 16.7. The predicted molar refractivity (Wildman–Crippen MR) is 84.1 cm³/mol. The maximum Gasteiger partial charge on any atom is 0.494 e. The zero-order valence-corrected chi connectivity index (χ0v) is 13.2. The number of nitrogens with zero attached hydrogens (tertiary/aromatic N) is 1. The van der Waals surface area contributed by atoms with Crippen LogP contribution in [0.2, 0.25) is 0 Å². The molecule has 3 rings (SSSR count). The fraction of sp³-hybridized carbons (Fsp3) is 0.533. The van der Waals surface area contributed by atoms with Crippen molar-refractivity contribution >= 4 is 29.9 Å². The van der Waals surface area contributed by atoms with Crippen LogP contribution in [0.3, 0.4) is 0 Å². The summed E-state index contributed by atoms with van der Waals surface area (Å²) in [4.78, 5) is 13.5. The Kier molecular flexibility index (Phi) is 3.08. The molecule has 5 nitrogen and oxygen atoms in total. The number of carbonyl (C=O) groups excluding carboxylic acids is 1. The van der Waals surface area contributed by atoms with Gasteiger partial charge in [-0.2, -0.15) is 0 Å². The van der Waals surface area contributed by atoms with Gasteiger partial charge in [0.05, 0.1) is 29.1 Å². The molecule has 0 saturated carbocycles. The van der Waals surface area contributed by atoms with E-state index in [9.17, 15) is 4.79 Å². The molecule has 1 saturated heterocycles. The molecule has 2 aliphatic heterocycles. The van der Waals surface area contributed by atoms with Crippen molar-refractivity contribution < 1.29 is 14.1 Å². The molecule has 1 fully saturated rings. The van der Waals surface area contributed by atoms with Crippen LogP contribution in [0.4, 0.5) is 11.4 Å². The molecule has 0 atom stereocenters. The van der Waals surface area contributed by atoms with Gasteiger partial charge in [0, 0.05) is 7.05 Å². The Balaban J connectivity index is 1.92. The second-order valence-corrected chi connectivity index (χ2v) is 6.77. The fourth-order valence-corrected chi connectivity index (χ4v) is 2.59. The molecule has 1 aromatic carbocycles. The summed E-state index contributed by atoms with van der Waals surface area (Å²) in [5.41, 5.74) is 2.08. The minimum atomic E-state index is -0.383. The van der Waals surface area contributed by atoms with Crippen molar-refractivity contribution in [3.8, 4) is 0 Å². The third kappa shape index (κ3) is 2.32. The van der Waals surface area contributed by atoms with Crippen LogP contribution in [0, 0.1) is 0 Å². The summed E-state index contributed by atoms with van der Waals surface area (Å²) in [5, 5.41) is 2.88. The van der Waals surface area contributed by atoms with Gasteiger partial charge < -0.3 is 19.5 Å². The average molecular weight is 288 g/mol. The van der Waals surface area contributed by atoms with E-state index in [4.69, 9.17) is 9.31 Å². The van der Waals surface area contributed by atoms with Crippen LogP contribution in [-0.4, -0.2) is 37.8 Å². The monoisotopic (exact) mass is 288 g/mol. The molecule has 1 aromatic rings. The topological polar surface area (TPSA) is 50.8 Å². The quantitative estimate of drug-likeness (QED) is 0.793. The third-order valence-electron chi connectivity index (χ3n) is 4.61. The summed E-state index contributed by atoms with van der Waals surface area (Å²) in [5.74, 6) is 0.00776. The fourth-order valence-electron chi connectivity index (χ4n) is 2.59. The highest BCUT2D eigenvalue weighted by Gasteiger charge is 2.51. The lowest BCUT2D eigenvalue weighted by molar-refractivity contribution is -0.115. The maximum atomic E-state index is 11.5. The van der Waals surface area contributed by atoms with Gasteiger partial charge in [0.1, 0.15) is 0 Å². The number of nitrogens with one attached hydrogen (secondary N) is 1. The molecule has 1 amide bonds. The molecular formula is C15H21BN2O3. The lowest BCUT2D eigenvalue weighted by Gasteiger charge is -2.32. The number of rotatable bonds is 1. The van der Waals surface area contributed by atoms with Crippen molar-refractivity contribution in [2.24, 2.45) is 0 Å². The Bertz CT molecular complexity index is 585. The van der Waals surface area contributed by atoms with Crippen molar-refractivity contribution in [2.75, 3.05) is 23.8 Å². The van der Waals surface area contributed by atoms with E-state index >= 15 is 0 Å². The number of likely N-dealkylation sites (N-methyl/N-ethyl adjacent to an activating group) is 1. The van der Waals surface area contributed by atoms with Gasteiger partial charge in [-0.15, -0.1) is 0 Å². The summed E-state index contributed by atoms with van der Waals surface area (Å²) < 4.78 is 12.1. The van der Waals surface area contributed by atoms with Gasteiger partial charge in [-0.25, -0.2) is 0 Å². The number of amides is 1. The average Bonchev–Trinajstić information content (AvgIpc) is 2.58. The summed E-state index contributed by atoms with van der Waals surface area (Å²) in [6, 6.07) is 5.88. The SMILES string of the molecule is CN1CC(=O)Nc2ccc(B3OC(C)(C)C(C)(C)O3)cc21. The molecule has 6 heteroatoms. The van der Waals surface area contributed by atoms with E-state index in [1.807, 2.05) is 57.8 Å². The smallest absolute Gasteiger partial charge is 0.399 e. The summed E-state index contributed by atoms with van der Waals surface area (Å²) in [6.45, 7) is 8.52.